The lowest BCUT2D eigenvalue weighted by Crippen LogP contribution is -2.23. The van der Waals surface area contributed by atoms with Gasteiger partial charge < -0.3 is 0 Å². The third-order valence-corrected chi connectivity index (χ3v) is 2.09. The van der Waals surface area contributed by atoms with Gasteiger partial charge in [-0.05, 0) is 12.1 Å². The highest BCUT2D eigenvalue weighted by molar-refractivity contribution is 6.29. The largest absolute Gasteiger partial charge is 0.268 e. The van der Waals surface area contributed by atoms with Gasteiger partial charge in [0, 0.05) is 25.5 Å². The number of aromatic nitrogens is 3. The fourth-order valence-electron chi connectivity index (χ4n) is 1.14. The SMILES string of the molecule is CN(c1cc(Cl)ncn1)n1cccc1. The molecule has 0 amide bonds. The van der Waals surface area contributed by atoms with Crippen LogP contribution in [0.25, 0.3) is 0 Å². The summed E-state index contributed by atoms with van der Waals surface area (Å²) in [4.78, 5) is 7.93. The van der Waals surface area contributed by atoms with Crippen molar-refractivity contribution in [1.82, 2.24) is 14.6 Å². The van der Waals surface area contributed by atoms with Crippen LogP contribution < -0.4 is 5.01 Å². The van der Waals surface area contributed by atoms with Crippen LogP contribution in [-0.4, -0.2) is 21.7 Å². The van der Waals surface area contributed by atoms with Crippen LogP contribution in [0.4, 0.5) is 5.82 Å². The zero-order chi connectivity index (χ0) is 9.97. The highest BCUT2D eigenvalue weighted by Gasteiger charge is 2.03. The lowest BCUT2D eigenvalue weighted by Gasteiger charge is -2.18. The topological polar surface area (TPSA) is 34.0 Å². The number of rotatable bonds is 2. The van der Waals surface area contributed by atoms with Crippen molar-refractivity contribution >= 4 is 17.4 Å². The molecule has 4 nitrogen and oxygen atoms in total. The fourth-order valence-corrected chi connectivity index (χ4v) is 1.29. The molecule has 0 bridgehead atoms. The maximum absolute atomic E-state index is 5.76. The van der Waals surface area contributed by atoms with Crippen molar-refractivity contribution in [3.8, 4) is 0 Å². The molecule has 0 radical (unpaired) electrons. The van der Waals surface area contributed by atoms with Gasteiger partial charge >= 0.3 is 0 Å². The lowest BCUT2D eigenvalue weighted by atomic mass is 10.6. The molecule has 0 aromatic carbocycles. The molecule has 0 unspecified atom stereocenters. The van der Waals surface area contributed by atoms with Gasteiger partial charge in [0.05, 0.1) is 0 Å². The molecular formula is C9H9ClN4. The zero-order valence-electron chi connectivity index (χ0n) is 7.63. The predicted molar refractivity (Wildman–Crippen MR) is 55.3 cm³/mol. The van der Waals surface area contributed by atoms with Crippen LogP contribution in [0.3, 0.4) is 0 Å². The number of nitrogens with zero attached hydrogens (tertiary/aromatic N) is 4. The van der Waals surface area contributed by atoms with E-state index >= 15 is 0 Å². The lowest BCUT2D eigenvalue weighted by molar-refractivity contribution is 0.763. The van der Waals surface area contributed by atoms with E-state index in [2.05, 4.69) is 9.97 Å². The van der Waals surface area contributed by atoms with E-state index in [1.54, 1.807) is 6.07 Å². The van der Waals surface area contributed by atoms with Gasteiger partial charge in [0.2, 0.25) is 0 Å². The van der Waals surface area contributed by atoms with Gasteiger partial charge in [-0.2, -0.15) is 0 Å². The maximum atomic E-state index is 5.76. The van der Waals surface area contributed by atoms with Crippen LogP contribution in [0, 0.1) is 0 Å². The molecule has 2 aromatic rings. The molecule has 0 atom stereocenters. The molecule has 0 fully saturated rings. The van der Waals surface area contributed by atoms with Gasteiger partial charge in [-0.3, -0.25) is 9.69 Å². The van der Waals surface area contributed by atoms with Crippen molar-refractivity contribution in [3.63, 3.8) is 0 Å². The van der Waals surface area contributed by atoms with Crippen LogP contribution in [0.5, 0.6) is 0 Å². The molecule has 0 aliphatic carbocycles. The monoisotopic (exact) mass is 208 g/mol. The summed E-state index contributed by atoms with van der Waals surface area (Å²) in [5, 5.41) is 2.31. The minimum atomic E-state index is 0.439. The Morgan fingerprint density at radius 2 is 2.00 bits per heavy atom. The summed E-state index contributed by atoms with van der Waals surface area (Å²) < 4.78 is 1.90. The van der Waals surface area contributed by atoms with Crippen LogP contribution in [0.1, 0.15) is 0 Å². The van der Waals surface area contributed by atoms with Gasteiger partial charge in [-0.25, -0.2) is 9.97 Å². The standard InChI is InChI=1S/C9H9ClN4/c1-13(14-4-2-3-5-14)9-6-8(10)11-7-12-9/h2-7H,1H3. The van der Waals surface area contributed by atoms with Crippen molar-refractivity contribution in [1.29, 1.82) is 0 Å². The minimum Gasteiger partial charge on any atom is -0.268 e. The van der Waals surface area contributed by atoms with Crippen molar-refractivity contribution in [3.05, 3.63) is 42.1 Å². The Labute approximate surface area is 86.7 Å². The normalized spacial score (nSPS) is 10.1. The van der Waals surface area contributed by atoms with Gasteiger partial charge in [-0.1, -0.05) is 11.6 Å². The number of halogens is 1. The molecule has 0 spiro atoms. The first-order chi connectivity index (χ1) is 6.77. The smallest absolute Gasteiger partial charge is 0.152 e. The Balaban J connectivity index is 2.32. The van der Waals surface area contributed by atoms with Crippen LogP contribution >= 0.6 is 11.6 Å². The Morgan fingerprint density at radius 3 is 2.64 bits per heavy atom. The summed E-state index contributed by atoms with van der Waals surface area (Å²) in [6.45, 7) is 0. The Bertz CT molecular complexity index is 413. The van der Waals surface area contributed by atoms with Gasteiger partial charge in [0.1, 0.15) is 11.5 Å². The van der Waals surface area contributed by atoms with E-state index in [0.29, 0.717) is 5.15 Å². The van der Waals surface area contributed by atoms with E-state index < -0.39 is 0 Å². The Morgan fingerprint density at radius 1 is 1.29 bits per heavy atom. The predicted octanol–water partition coefficient (Wildman–Crippen LogP) is 1.83. The van der Waals surface area contributed by atoms with Crippen LogP contribution in [0.15, 0.2) is 36.9 Å². The van der Waals surface area contributed by atoms with Crippen LogP contribution in [0.2, 0.25) is 5.15 Å². The quantitative estimate of drug-likeness (QED) is 0.707. The molecule has 0 N–H and O–H groups in total. The van der Waals surface area contributed by atoms with Crippen molar-refractivity contribution in [2.24, 2.45) is 0 Å². The summed E-state index contributed by atoms with van der Waals surface area (Å²) >= 11 is 5.76. The van der Waals surface area contributed by atoms with E-state index in [4.69, 9.17) is 11.6 Å². The fraction of sp³-hybridized carbons (Fsp3) is 0.111. The van der Waals surface area contributed by atoms with Gasteiger partial charge in [0.25, 0.3) is 0 Å². The van der Waals surface area contributed by atoms with E-state index in [0.717, 1.165) is 5.82 Å². The third kappa shape index (κ3) is 1.70. The zero-order valence-corrected chi connectivity index (χ0v) is 8.39. The molecule has 2 heterocycles. The Kier molecular flexibility index (Phi) is 2.37. The first kappa shape index (κ1) is 9.02. The molecule has 0 aliphatic heterocycles. The molecule has 0 saturated heterocycles. The average molecular weight is 209 g/mol. The van der Waals surface area contributed by atoms with Gasteiger partial charge in [0.15, 0.2) is 5.82 Å². The summed E-state index contributed by atoms with van der Waals surface area (Å²) in [5.74, 6) is 0.751. The highest BCUT2D eigenvalue weighted by Crippen LogP contribution is 2.13. The Hall–Kier alpha value is -1.55. The molecule has 2 aromatic heterocycles. The molecule has 2 rings (SSSR count). The van der Waals surface area contributed by atoms with Crippen molar-refractivity contribution in [2.45, 2.75) is 0 Å². The maximum Gasteiger partial charge on any atom is 0.152 e. The second kappa shape index (κ2) is 3.67. The molecule has 72 valence electrons. The molecule has 0 saturated carbocycles. The number of hydrogen-bond acceptors (Lipinski definition) is 3. The molecule has 5 heteroatoms. The van der Waals surface area contributed by atoms with Crippen molar-refractivity contribution in [2.75, 3.05) is 12.1 Å². The van der Waals surface area contributed by atoms with Crippen molar-refractivity contribution < 1.29 is 0 Å². The first-order valence-electron chi connectivity index (χ1n) is 4.12. The number of anilines is 1. The summed E-state index contributed by atoms with van der Waals surface area (Å²) in [5.41, 5.74) is 0. The van der Waals surface area contributed by atoms with E-state index in [9.17, 15) is 0 Å². The summed E-state index contributed by atoms with van der Waals surface area (Å²) in [6, 6.07) is 5.60. The second-order valence-corrected chi connectivity index (χ2v) is 3.17. The van der Waals surface area contributed by atoms with Crippen LogP contribution in [-0.2, 0) is 0 Å². The second-order valence-electron chi connectivity index (χ2n) is 2.79. The number of hydrogen-bond donors (Lipinski definition) is 0. The first-order valence-corrected chi connectivity index (χ1v) is 4.50. The van der Waals surface area contributed by atoms with E-state index in [1.807, 2.05) is 41.3 Å². The molecule has 0 aliphatic rings. The summed E-state index contributed by atoms with van der Waals surface area (Å²) in [6.07, 6.45) is 5.30. The molecular weight excluding hydrogens is 200 g/mol. The summed E-state index contributed by atoms with van der Waals surface area (Å²) in [7, 11) is 1.90. The van der Waals surface area contributed by atoms with E-state index in [-0.39, 0.29) is 0 Å². The highest BCUT2D eigenvalue weighted by atomic mass is 35.5. The molecule has 14 heavy (non-hydrogen) atoms. The van der Waals surface area contributed by atoms with E-state index in [1.165, 1.54) is 6.33 Å². The minimum absolute atomic E-state index is 0.439. The average Bonchev–Trinajstić information content (AvgIpc) is 2.69. The van der Waals surface area contributed by atoms with Gasteiger partial charge in [-0.15, -0.1) is 0 Å². The third-order valence-electron chi connectivity index (χ3n) is 1.89.